The number of hydrogen-bond donors (Lipinski definition) is 6. The maximum Gasteiger partial charge on any atom is 0.118 e. The van der Waals surface area contributed by atoms with E-state index in [9.17, 15) is 34.8 Å². The molecule has 6 unspecified atom stereocenters. The fourth-order valence-electron chi connectivity index (χ4n) is 15.4. The lowest BCUT2D eigenvalue weighted by molar-refractivity contribution is -0.0280. The Labute approximate surface area is 823 Å². The molecular weight excluding hydrogens is 1500 g/mol. The fourth-order valence-corrected chi connectivity index (χ4v) is 15.4. The van der Waals surface area contributed by atoms with Crippen LogP contribution in [0.2, 0.25) is 0 Å². The minimum atomic E-state index is -3.54. The zero-order chi connectivity index (χ0) is 147. The summed E-state index contributed by atoms with van der Waals surface area (Å²) in [5, 5.41) is 68.8. The van der Waals surface area contributed by atoms with Crippen molar-refractivity contribution in [2.45, 2.75) is 262 Å². The number of rotatable bonds is 30. The summed E-state index contributed by atoms with van der Waals surface area (Å²) in [6.45, 7) is -28.3. The molecule has 6 aliphatic carbocycles. The van der Waals surface area contributed by atoms with E-state index in [1.165, 1.54) is 21.1 Å². The average molecular weight is 1730 g/mol. The molecule has 6 N–H and O–H groups in total. The van der Waals surface area contributed by atoms with Crippen molar-refractivity contribution in [3.05, 3.63) is 178 Å². The van der Waals surface area contributed by atoms with Gasteiger partial charge in [-0.3, -0.25) is 0 Å². The van der Waals surface area contributed by atoms with Gasteiger partial charge in [-0.05, 0) is 267 Å². The first-order valence-corrected chi connectivity index (χ1v) is 39.7. The van der Waals surface area contributed by atoms with Crippen molar-refractivity contribution in [3.63, 3.8) is 0 Å². The minimum absolute atomic E-state index is 0.0143. The lowest BCUT2D eigenvalue weighted by Gasteiger charge is -2.40. The third-order valence-corrected chi connectivity index (χ3v) is 21.3. The molecule has 120 heavy (non-hydrogen) atoms. The van der Waals surface area contributed by atoms with E-state index in [2.05, 4.69) is 23.7 Å². The van der Waals surface area contributed by atoms with Crippen molar-refractivity contribution in [1.29, 1.82) is 0 Å². The van der Waals surface area contributed by atoms with Crippen LogP contribution in [0.5, 0.6) is 34.5 Å². The Kier molecular flexibility index (Phi) is 16.9. The quantitative estimate of drug-likeness (QED) is 0.0249. The van der Waals surface area contributed by atoms with Gasteiger partial charge >= 0.3 is 0 Å². The molecule has 0 saturated heterocycles. The second kappa shape index (κ2) is 50.0. The number of aliphatic hydroxyl groups is 6. The lowest BCUT2D eigenvalue weighted by Crippen LogP contribution is -2.42. The fraction of sp³-hybridized carbons (Fsp3) is 0.647. The Morgan fingerprint density at radius 3 is 0.692 bits per heavy atom. The van der Waals surface area contributed by atoms with Gasteiger partial charge in [0.1, 0.15) is 34.5 Å². The summed E-state index contributed by atoms with van der Waals surface area (Å²) in [6.07, 6.45) is 11.1. The van der Waals surface area contributed by atoms with Crippen LogP contribution in [0.25, 0.3) is 0 Å². The number of methoxy groups -OCH3 is 6. The molecule has 6 atom stereocenters. The summed E-state index contributed by atoms with van der Waals surface area (Å²) in [4.78, 5) is 3.87. The van der Waals surface area contributed by atoms with E-state index >= 15 is 0 Å². The van der Waals surface area contributed by atoms with Crippen LogP contribution in [0.3, 0.4) is 0 Å². The van der Waals surface area contributed by atoms with E-state index in [-0.39, 0.29) is 86.1 Å². The monoisotopic (exact) mass is 1730 g/mol. The number of likely N-dealkylation sites (N-methyl/N-ethyl adjacent to an activating group) is 6. The molecule has 0 amide bonds. The Hall–Kier alpha value is -6.36. The number of nitrogens with zero attached hydrogens (tertiary/aromatic N) is 6. The van der Waals surface area contributed by atoms with Crippen LogP contribution in [0.15, 0.2) is 145 Å². The average Bonchev–Trinajstić information content (AvgIpc) is 0.695. The smallest absolute Gasteiger partial charge is 0.118 e. The first-order valence-electron chi connectivity index (χ1n) is 74.2. The van der Waals surface area contributed by atoms with Crippen LogP contribution in [0.1, 0.15) is 356 Å². The topological polar surface area (TPSA) is 196 Å². The van der Waals surface area contributed by atoms with Gasteiger partial charge in [-0.25, -0.2) is 0 Å². The zero-order valence-corrected chi connectivity index (χ0v) is 69.1. The Morgan fingerprint density at radius 2 is 0.458 bits per heavy atom. The highest BCUT2D eigenvalue weighted by Crippen LogP contribution is 2.47. The molecule has 0 spiro atoms. The second-order valence-corrected chi connectivity index (χ2v) is 31.1. The Bertz CT molecular complexity index is 6980. The predicted molar refractivity (Wildman–Crippen MR) is 494 cm³/mol. The number of ether oxygens (including phenoxy) is 6. The van der Waals surface area contributed by atoms with Gasteiger partial charge in [-0.1, -0.05) is 188 Å². The largest absolute Gasteiger partial charge is 0.497 e. The highest BCUT2D eigenvalue weighted by atomic mass is 16.5. The van der Waals surface area contributed by atoms with Crippen molar-refractivity contribution in [3.8, 4) is 34.5 Å². The Balaban J connectivity index is 0.000000302. The molecule has 6 aromatic carbocycles. The predicted octanol–water partition coefficient (Wildman–Crippen LogP) is 18.2. The maximum atomic E-state index is 11.5. The molecule has 6 saturated carbocycles. The summed E-state index contributed by atoms with van der Waals surface area (Å²) in [6, 6.07) is -20.0. The van der Waals surface area contributed by atoms with Crippen molar-refractivity contribution in [1.82, 2.24) is 29.4 Å². The SMILES string of the molecule is [2H]c1c([2H])c(C(C2(O)CCCCC2)C([2H])([2H])N(C([2H])([2H])[2H])C([2H])([2H])[2H])c([2H])c([2H])c1OC([2H])([2H])[2H].[2H]c1c([2H])c(C(C2(O)CCCCC2)C([2H])([2H])N(C)C([2H])([2H])[2H])c([2H])c([2H])c1OC([2H])([2H])[2H].[2H]c1c([2H])c(C([2H])(C2(O)CCCCC2)C([2H])([2H])N(C)C([2H])([2H])[2H])c([2H])c([2H])c1OC([2H])([2H])[2H].[2H]c1c([2H])c(C([2H])(C2(O)CCCCC2)C([2H])([2H])N(C)C)c([2H])c([2H])c1OC([2H])([2H])[2H].[2H]c1c([2H])c(C([2H])(CN(C)C([2H])([2H])[2H])C2(O)CCCCC2)c([2H])c([2H])c1OC([2H])([2H])[2H].[2H]c1c([2H])c(C([2H])(CN(C)C)C2(O)CCCCC2)c([2H])c([2H])c1OC([2H])([2H])[2H]. The van der Waals surface area contributed by atoms with E-state index in [4.69, 9.17) is 95.2 Å². The van der Waals surface area contributed by atoms with Crippen molar-refractivity contribution >= 4 is 0 Å². The van der Waals surface area contributed by atoms with Crippen LogP contribution >= 0.6 is 0 Å². The van der Waals surface area contributed by atoms with Gasteiger partial charge in [0.05, 0.1) is 133 Å². The molecule has 6 aromatic rings. The van der Waals surface area contributed by atoms with Crippen molar-refractivity contribution < 1.29 is 154 Å². The summed E-state index contributed by atoms with van der Waals surface area (Å²) in [5.74, 6) is -18.5. The van der Waals surface area contributed by atoms with Crippen LogP contribution in [-0.2, 0) is 0 Å². The molecule has 0 aromatic heterocycles. The zero-order valence-electron chi connectivity index (χ0n) is 138. The van der Waals surface area contributed by atoms with E-state index in [1.54, 1.807) is 19.0 Å². The van der Waals surface area contributed by atoms with Crippen LogP contribution in [-0.4, -0.2) is 259 Å². The summed E-state index contributed by atoms with van der Waals surface area (Å²) >= 11 is 0. The van der Waals surface area contributed by atoms with Crippen LogP contribution in [0.4, 0.5) is 0 Å². The molecule has 0 bridgehead atoms. The Morgan fingerprint density at radius 1 is 0.258 bits per heavy atom. The molecule has 12 rings (SSSR count). The first kappa shape index (κ1) is 40.5. The van der Waals surface area contributed by atoms with Crippen molar-refractivity contribution in [2.24, 2.45) is 0 Å². The lowest BCUT2D eigenvalue weighted by atomic mass is 9.72. The third-order valence-electron chi connectivity index (χ3n) is 21.3. The van der Waals surface area contributed by atoms with Gasteiger partial charge in [0, 0.05) is 111 Å². The van der Waals surface area contributed by atoms with E-state index in [1.807, 2.05) is 0 Å². The first-order chi connectivity index (χ1) is 84.8. The van der Waals surface area contributed by atoms with Gasteiger partial charge in [-0.2, -0.15) is 0 Å². The van der Waals surface area contributed by atoms with Gasteiger partial charge in [0.25, 0.3) is 0 Å². The molecule has 0 heterocycles. The highest BCUT2D eigenvalue weighted by Gasteiger charge is 2.45. The standard InChI is InChI=1S/6C17H27NO2/c6*1-18(2)13-16(17(19)11-5-4-6-12-17)14-7-9-15(20-3)10-8-14/h6*7-10,16,19H,4-6,11-13H2,1-3H3/i1D3,3D3,7D,8D,9D,10D,13D2,16D;1D3,2D3,3D3,7D,8D,9D,10D,13D2;3D3,7D,8D,9D,10D,13D2,16D;1D3,3D3,7D,8D,9D,10D,16D;1D3,3D3,7D,8D,9D,10D,13D2;3D3,7D,8D,9D,10D,16D. The molecule has 6 fully saturated rings. The maximum absolute atomic E-state index is 11.5. The molecule has 672 valence electrons. The molecular formula is C102H162N6O12. The van der Waals surface area contributed by atoms with Crippen LogP contribution < -0.4 is 28.4 Å². The normalized spacial score (nSPS) is 30.9. The van der Waals surface area contributed by atoms with E-state index < -0.39 is 386 Å². The van der Waals surface area contributed by atoms with Gasteiger partial charge in [0.2, 0.25) is 0 Å². The minimum Gasteiger partial charge on any atom is -0.497 e. The molecule has 6 aliphatic rings. The third kappa shape index (κ3) is 31.1. The van der Waals surface area contributed by atoms with Crippen LogP contribution in [0, 0.1) is 0 Å². The van der Waals surface area contributed by atoms with E-state index in [0.717, 1.165) is 49.6 Å². The summed E-state index contributed by atoms with van der Waals surface area (Å²) in [7, 11) is -9.05. The molecule has 18 heteroatoms. The highest BCUT2D eigenvalue weighted by molar-refractivity contribution is 5.37. The molecule has 18 nitrogen and oxygen atoms in total. The van der Waals surface area contributed by atoms with Crippen molar-refractivity contribution in [2.75, 3.05) is 166 Å². The summed E-state index contributed by atoms with van der Waals surface area (Å²) < 4.78 is 577. The van der Waals surface area contributed by atoms with E-state index in [0.29, 0.717) is 108 Å². The second-order valence-electron chi connectivity index (χ2n) is 31.1. The number of benzene rings is 6. The molecule has 0 radical (unpaired) electrons. The van der Waals surface area contributed by atoms with Gasteiger partial charge in [0.15, 0.2) is 0 Å². The summed E-state index contributed by atoms with van der Waals surface area (Å²) in [5.41, 5.74) is -15.0. The number of hydrogen-bond acceptors (Lipinski definition) is 18. The van der Waals surface area contributed by atoms with Gasteiger partial charge in [-0.15, -0.1) is 0 Å². The van der Waals surface area contributed by atoms with Gasteiger partial charge < -0.3 is 88.5 Å². The molecule has 0 aliphatic heterocycles.